The van der Waals surface area contributed by atoms with Gasteiger partial charge in [0.2, 0.25) is 6.79 Å². The lowest BCUT2D eigenvalue weighted by Crippen LogP contribution is -2.02. The van der Waals surface area contributed by atoms with Crippen LogP contribution in [0.25, 0.3) is 5.57 Å². The molecule has 0 atom stereocenters. The Morgan fingerprint density at radius 3 is 2.53 bits per heavy atom. The van der Waals surface area contributed by atoms with Crippen molar-refractivity contribution in [2.75, 3.05) is 6.79 Å². The number of fused-ring (bicyclic) bond motifs is 1. The second-order valence-electron chi connectivity index (χ2n) is 3.26. The Kier molecular flexibility index (Phi) is 2.43. The number of hydrogen-bond donors (Lipinski definition) is 1. The fraction of sp³-hybridized carbons (Fsp3) is 0.100. The summed E-state index contributed by atoms with van der Waals surface area (Å²) in [5.41, 5.74) is -0.830. The summed E-state index contributed by atoms with van der Waals surface area (Å²) >= 11 is 0. The topological polar surface area (TPSA) is 98.9 Å². The van der Waals surface area contributed by atoms with Crippen LogP contribution in [0.2, 0.25) is 0 Å². The number of carboxylic acids is 1. The van der Waals surface area contributed by atoms with E-state index in [9.17, 15) is 14.9 Å². The second-order valence-corrected chi connectivity index (χ2v) is 3.26. The first-order valence-electron chi connectivity index (χ1n) is 4.51. The highest BCUT2D eigenvalue weighted by atomic mass is 16.7. The van der Waals surface area contributed by atoms with Crippen LogP contribution >= 0.6 is 0 Å². The van der Waals surface area contributed by atoms with Crippen LogP contribution in [0.5, 0.6) is 11.5 Å². The summed E-state index contributed by atoms with van der Waals surface area (Å²) in [7, 11) is 0. The van der Waals surface area contributed by atoms with E-state index in [1.807, 2.05) is 0 Å². The lowest BCUT2D eigenvalue weighted by atomic mass is 10.0. The largest absolute Gasteiger partial charge is 0.478 e. The van der Waals surface area contributed by atoms with Gasteiger partial charge in [-0.2, -0.15) is 0 Å². The highest BCUT2D eigenvalue weighted by Crippen LogP contribution is 2.40. The molecule has 1 aromatic rings. The number of nitrogens with zero attached hydrogens (tertiary/aromatic N) is 1. The summed E-state index contributed by atoms with van der Waals surface area (Å²) in [6.45, 7) is 3.25. The maximum atomic E-state index is 10.8. The molecule has 0 spiro atoms. The molecule has 1 heterocycles. The average Bonchev–Trinajstić information content (AvgIpc) is 2.72. The van der Waals surface area contributed by atoms with Crippen molar-refractivity contribution < 1.29 is 24.3 Å². The molecular weight excluding hydrogens is 230 g/mol. The van der Waals surface area contributed by atoms with E-state index >= 15 is 0 Å². The van der Waals surface area contributed by atoms with Crippen LogP contribution in [0.15, 0.2) is 18.7 Å². The zero-order valence-electron chi connectivity index (χ0n) is 8.50. The van der Waals surface area contributed by atoms with Gasteiger partial charge in [-0.3, -0.25) is 10.1 Å². The van der Waals surface area contributed by atoms with Gasteiger partial charge >= 0.3 is 5.97 Å². The van der Waals surface area contributed by atoms with Crippen LogP contribution in [0.3, 0.4) is 0 Å². The van der Waals surface area contributed by atoms with Gasteiger partial charge in [-0.15, -0.1) is 0 Å². The van der Waals surface area contributed by atoms with Crippen LogP contribution in [0.1, 0.15) is 5.56 Å². The minimum atomic E-state index is -1.33. The van der Waals surface area contributed by atoms with Crippen LogP contribution < -0.4 is 9.47 Å². The molecular formula is C10H7NO6. The third-order valence-corrected chi connectivity index (χ3v) is 2.27. The predicted octanol–water partition coefficient (Wildman–Crippen LogP) is 1.42. The SMILES string of the molecule is C=C(C(=O)O)c1cc2c(cc1[N+](=O)[O-])OCO2. The summed E-state index contributed by atoms with van der Waals surface area (Å²) < 4.78 is 10.0. The van der Waals surface area contributed by atoms with Crippen molar-refractivity contribution in [2.24, 2.45) is 0 Å². The number of nitro benzene ring substituents is 1. The van der Waals surface area contributed by atoms with Gasteiger partial charge in [-0.1, -0.05) is 6.58 Å². The molecule has 17 heavy (non-hydrogen) atoms. The zero-order chi connectivity index (χ0) is 12.6. The van der Waals surface area contributed by atoms with Crippen LogP contribution in [-0.2, 0) is 4.79 Å². The molecule has 2 rings (SSSR count). The summed E-state index contributed by atoms with van der Waals surface area (Å²) in [6, 6.07) is 2.38. The summed E-state index contributed by atoms with van der Waals surface area (Å²) in [5, 5.41) is 19.6. The van der Waals surface area contributed by atoms with E-state index in [0.717, 1.165) is 6.07 Å². The Morgan fingerprint density at radius 1 is 1.41 bits per heavy atom. The van der Waals surface area contributed by atoms with Crippen LogP contribution in [0, 0.1) is 10.1 Å². The van der Waals surface area contributed by atoms with E-state index in [1.54, 1.807) is 0 Å². The molecule has 0 saturated heterocycles. The van der Waals surface area contributed by atoms with Crippen molar-refractivity contribution in [1.29, 1.82) is 0 Å². The smallest absolute Gasteiger partial charge is 0.335 e. The molecule has 0 bridgehead atoms. The summed E-state index contributed by atoms with van der Waals surface area (Å²) in [5.74, 6) is -0.835. The Labute approximate surface area is 95.0 Å². The number of nitro groups is 1. The Balaban J connectivity index is 2.60. The molecule has 0 unspecified atom stereocenters. The molecule has 1 aromatic carbocycles. The molecule has 0 saturated carbocycles. The van der Waals surface area contributed by atoms with Gasteiger partial charge in [-0.05, 0) is 6.07 Å². The molecule has 88 valence electrons. The zero-order valence-corrected chi connectivity index (χ0v) is 8.50. The number of aliphatic carboxylic acids is 1. The van der Waals surface area contributed by atoms with Crippen LogP contribution in [0.4, 0.5) is 5.69 Å². The molecule has 0 amide bonds. The first-order valence-corrected chi connectivity index (χ1v) is 4.51. The number of ether oxygens (including phenoxy) is 2. The van der Waals surface area contributed by atoms with E-state index in [2.05, 4.69) is 6.58 Å². The van der Waals surface area contributed by atoms with Gasteiger partial charge in [0.15, 0.2) is 11.5 Å². The number of benzene rings is 1. The maximum Gasteiger partial charge on any atom is 0.335 e. The summed E-state index contributed by atoms with van der Waals surface area (Å²) in [6.07, 6.45) is 0. The molecule has 0 radical (unpaired) electrons. The van der Waals surface area contributed by atoms with Crippen molar-refractivity contribution in [3.63, 3.8) is 0 Å². The fourth-order valence-corrected chi connectivity index (χ4v) is 1.44. The number of carboxylic acid groups (broad SMARTS) is 1. The minimum Gasteiger partial charge on any atom is -0.478 e. The third-order valence-electron chi connectivity index (χ3n) is 2.27. The molecule has 1 aliphatic rings. The Morgan fingerprint density at radius 2 is 2.00 bits per heavy atom. The van der Waals surface area contributed by atoms with Crippen molar-refractivity contribution >= 4 is 17.2 Å². The van der Waals surface area contributed by atoms with E-state index in [-0.39, 0.29) is 35.1 Å². The van der Waals surface area contributed by atoms with Gasteiger partial charge in [0.1, 0.15) is 0 Å². The lowest BCUT2D eigenvalue weighted by Gasteiger charge is -2.04. The molecule has 1 aliphatic heterocycles. The lowest BCUT2D eigenvalue weighted by molar-refractivity contribution is -0.385. The molecule has 0 aliphatic carbocycles. The van der Waals surface area contributed by atoms with Crippen LogP contribution in [-0.4, -0.2) is 22.8 Å². The molecule has 0 aromatic heterocycles. The van der Waals surface area contributed by atoms with Crippen molar-refractivity contribution in [2.45, 2.75) is 0 Å². The first-order chi connectivity index (χ1) is 8.00. The minimum absolute atomic E-state index is 0.0461. The second kappa shape index (κ2) is 3.78. The number of rotatable bonds is 3. The highest BCUT2D eigenvalue weighted by Gasteiger charge is 2.26. The Hall–Kier alpha value is -2.57. The van der Waals surface area contributed by atoms with Gasteiger partial charge in [0, 0.05) is 0 Å². The maximum absolute atomic E-state index is 10.8. The predicted molar refractivity (Wildman–Crippen MR) is 55.9 cm³/mol. The Bertz CT molecular complexity index is 536. The van der Waals surface area contributed by atoms with Crippen molar-refractivity contribution in [3.05, 3.63) is 34.4 Å². The first kappa shape index (κ1) is 10.9. The standard InChI is InChI=1S/C10H7NO6/c1-5(10(12)13)6-2-8-9(17-4-16-8)3-7(6)11(14)15/h2-3H,1,4H2,(H,12,13). The average molecular weight is 237 g/mol. The van der Waals surface area contributed by atoms with E-state index in [0.29, 0.717) is 0 Å². The van der Waals surface area contributed by atoms with Gasteiger partial charge in [0.25, 0.3) is 5.69 Å². The third kappa shape index (κ3) is 1.78. The molecule has 7 nitrogen and oxygen atoms in total. The van der Waals surface area contributed by atoms with Crippen molar-refractivity contribution in [1.82, 2.24) is 0 Å². The number of hydrogen-bond acceptors (Lipinski definition) is 5. The molecule has 1 N–H and O–H groups in total. The van der Waals surface area contributed by atoms with Crippen molar-refractivity contribution in [3.8, 4) is 11.5 Å². The van der Waals surface area contributed by atoms with Gasteiger partial charge in [-0.25, -0.2) is 4.79 Å². The highest BCUT2D eigenvalue weighted by molar-refractivity contribution is 6.16. The molecule has 0 fully saturated rings. The van der Waals surface area contributed by atoms with E-state index in [4.69, 9.17) is 14.6 Å². The quantitative estimate of drug-likeness (QED) is 0.485. The normalized spacial score (nSPS) is 12.2. The monoisotopic (exact) mass is 237 g/mol. The summed E-state index contributed by atoms with van der Waals surface area (Å²) in [4.78, 5) is 20.9. The van der Waals surface area contributed by atoms with Gasteiger partial charge < -0.3 is 14.6 Å². The van der Waals surface area contributed by atoms with E-state index < -0.39 is 10.9 Å². The fourth-order valence-electron chi connectivity index (χ4n) is 1.44. The van der Waals surface area contributed by atoms with E-state index in [1.165, 1.54) is 6.07 Å². The number of carbonyl (C=O) groups is 1. The molecule has 7 heteroatoms. The van der Waals surface area contributed by atoms with Gasteiger partial charge in [0.05, 0.1) is 22.1 Å².